The van der Waals surface area contributed by atoms with Gasteiger partial charge in [0.15, 0.2) is 0 Å². The van der Waals surface area contributed by atoms with Crippen LogP contribution in [0.4, 0.5) is 0 Å². The van der Waals surface area contributed by atoms with Crippen molar-refractivity contribution >= 4 is 17.2 Å². The molecule has 3 heteroatoms. The molecule has 19 heavy (non-hydrogen) atoms. The minimum absolute atomic E-state index is 0.154. The molecule has 0 bridgehead atoms. The van der Waals surface area contributed by atoms with Gasteiger partial charge in [0.05, 0.1) is 6.04 Å². The van der Waals surface area contributed by atoms with Crippen molar-refractivity contribution in [3.63, 3.8) is 0 Å². The maximum absolute atomic E-state index is 11.4. The van der Waals surface area contributed by atoms with Gasteiger partial charge in [-0.3, -0.25) is 4.90 Å². The molecular formula is C16H18N2O. The lowest BCUT2D eigenvalue weighted by Gasteiger charge is -2.42. The normalized spacial score (nSPS) is 26.9. The van der Waals surface area contributed by atoms with E-state index in [-0.39, 0.29) is 12.0 Å². The van der Waals surface area contributed by atoms with Crippen molar-refractivity contribution in [1.29, 1.82) is 0 Å². The summed E-state index contributed by atoms with van der Waals surface area (Å²) in [6.07, 6.45) is 4.44. The number of aromatic nitrogens is 1. The Hall–Kier alpha value is -1.61. The van der Waals surface area contributed by atoms with Crippen LogP contribution in [0.3, 0.4) is 0 Å². The van der Waals surface area contributed by atoms with Crippen molar-refractivity contribution < 1.29 is 4.79 Å². The van der Waals surface area contributed by atoms with Gasteiger partial charge in [-0.05, 0) is 37.4 Å². The van der Waals surface area contributed by atoms with E-state index in [4.69, 9.17) is 0 Å². The number of piperidine rings is 1. The van der Waals surface area contributed by atoms with Gasteiger partial charge in [0, 0.05) is 29.1 Å². The molecule has 3 heterocycles. The summed E-state index contributed by atoms with van der Waals surface area (Å²) in [6.45, 7) is 2.22. The molecule has 2 atom stereocenters. The highest BCUT2D eigenvalue weighted by Gasteiger charge is 2.37. The number of carbonyl (C=O) groups excluding carboxylic acids is 1. The smallest absolute Gasteiger partial charge is 0.125 e. The van der Waals surface area contributed by atoms with Gasteiger partial charge in [-0.25, -0.2) is 0 Å². The third-order valence-corrected chi connectivity index (χ3v) is 4.75. The Bertz CT molecular complexity index is 631. The molecule has 2 aromatic rings. The second-order valence-corrected chi connectivity index (χ2v) is 5.74. The zero-order valence-electron chi connectivity index (χ0n) is 10.9. The topological polar surface area (TPSA) is 36.1 Å². The zero-order chi connectivity index (χ0) is 12.8. The Morgan fingerprint density at radius 1 is 1.26 bits per heavy atom. The molecule has 98 valence electrons. The zero-order valence-corrected chi connectivity index (χ0v) is 10.9. The minimum Gasteiger partial charge on any atom is -0.357 e. The second-order valence-electron chi connectivity index (χ2n) is 5.74. The van der Waals surface area contributed by atoms with Gasteiger partial charge < -0.3 is 9.78 Å². The van der Waals surface area contributed by atoms with E-state index in [1.165, 1.54) is 22.2 Å². The summed E-state index contributed by atoms with van der Waals surface area (Å²) in [7, 11) is 0. The number of para-hydroxylation sites is 1. The monoisotopic (exact) mass is 254 g/mol. The van der Waals surface area contributed by atoms with E-state index in [0.717, 1.165) is 38.6 Å². The Kier molecular flexibility index (Phi) is 2.49. The van der Waals surface area contributed by atoms with Crippen molar-refractivity contribution in [3.8, 4) is 0 Å². The summed E-state index contributed by atoms with van der Waals surface area (Å²) in [4.78, 5) is 17.5. The van der Waals surface area contributed by atoms with Crippen LogP contribution in [-0.2, 0) is 11.2 Å². The highest BCUT2D eigenvalue weighted by molar-refractivity contribution is 5.85. The summed E-state index contributed by atoms with van der Waals surface area (Å²) in [5.74, 6) is 0.154. The molecule has 1 aromatic heterocycles. The van der Waals surface area contributed by atoms with Gasteiger partial charge in [0.25, 0.3) is 0 Å². The second kappa shape index (κ2) is 4.20. The van der Waals surface area contributed by atoms with E-state index in [1.807, 2.05) is 0 Å². The van der Waals surface area contributed by atoms with Crippen LogP contribution in [-0.4, -0.2) is 29.3 Å². The molecule has 1 saturated heterocycles. The number of aldehydes is 1. The lowest BCUT2D eigenvalue weighted by Crippen LogP contribution is -2.43. The predicted molar refractivity (Wildman–Crippen MR) is 75.1 cm³/mol. The average molecular weight is 254 g/mol. The molecule has 1 aromatic carbocycles. The highest BCUT2D eigenvalue weighted by Crippen LogP contribution is 2.41. The molecule has 0 aliphatic carbocycles. The Morgan fingerprint density at radius 2 is 2.16 bits per heavy atom. The number of nitrogens with zero attached hydrogens (tertiary/aromatic N) is 1. The number of fused-ring (bicyclic) bond motifs is 5. The SMILES string of the molecule is O=C[C@H]1CCCN2CCc3c([nH]c4ccccc34)[C@H]12. The van der Waals surface area contributed by atoms with E-state index in [1.54, 1.807) is 0 Å². The highest BCUT2D eigenvalue weighted by atomic mass is 16.1. The van der Waals surface area contributed by atoms with E-state index < -0.39 is 0 Å². The first-order chi connectivity index (χ1) is 9.38. The number of H-pyrrole nitrogens is 1. The molecule has 2 aliphatic heterocycles. The first-order valence-corrected chi connectivity index (χ1v) is 7.17. The van der Waals surface area contributed by atoms with Crippen molar-refractivity contribution in [3.05, 3.63) is 35.5 Å². The first-order valence-electron chi connectivity index (χ1n) is 7.17. The van der Waals surface area contributed by atoms with Crippen molar-refractivity contribution in [2.24, 2.45) is 5.92 Å². The molecule has 0 unspecified atom stereocenters. The number of benzene rings is 1. The van der Waals surface area contributed by atoms with Crippen LogP contribution in [0.25, 0.3) is 10.9 Å². The Morgan fingerprint density at radius 3 is 3.05 bits per heavy atom. The molecule has 0 saturated carbocycles. The van der Waals surface area contributed by atoms with Gasteiger partial charge in [0.2, 0.25) is 0 Å². The van der Waals surface area contributed by atoms with E-state index in [9.17, 15) is 4.79 Å². The fourth-order valence-corrected chi connectivity index (χ4v) is 3.89. The van der Waals surface area contributed by atoms with Crippen LogP contribution in [0, 0.1) is 5.92 Å². The lowest BCUT2D eigenvalue weighted by molar-refractivity contribution is -0.115. The molecule has 0 radical (unpaired) electrons. The molecule has 0 amide bonds. The number of rotatable bonds is 1. The van der Waals surface area contributed by atoms with Crippen LogP contribution >= 0.6 is 0 Å². The average Bonchev–Trinajstić information content (AvgIpc) is 2.85. The van der Waals surface area contributed by atoms with Crippen LogP contribution in [0.5, 0.6) is 0 Å². The number of hydrogen-bond acceptors (Lipinski definition) is 2. The predicted octanol–water partition coefficient (Wildman–Crippen LogP) is 2.68. The summed E-state index contributed by atoms with van der Waals surface area (Å²) < 4.78 is 0. The molecule has 1 N–H and O–H groups in total. The third kappa shape index (κ3) is 1.58. The number of carbonyl (C=O) groups is 1. The van der Waals surface area contributed by atoms with Gasteiger partial charge in [-0.1, -0.05) is 18.2 Å². The van der Waals surface area contributed by atoms with Gasteiger partial charge in [-0.15, -0.1) is 0 Å². The fourth-order valence-electron chi connectivity index (χ4n) is 3.89. The van der Waals surface area contributed by atoms with Gasteiger partial charge >= 0.3 is 0 Å². The van der Waals surface area contributed by atoms with Gasteiger partial charge in [-0.2, -0.15) is 0 Å². The summed E-state index contributed by atoms with van der Waals surface area (Å²) in [6, 6.07) is 8.78. The summed E-state index contributed by atoms with van der Waals surface area (Å²) in [5.41, 5.74) is 3.94. The molecular weight excluding hydrogens is 236 g/mol. The van der Waals surface area contributed by atoms with Crippen molar-refractivity contribution in [2.45, 2.75) is 25.3 Å². The molecule has 0 spiro atoms. The maximum Gasteiger partial charge on any atom is 0.125 e. The number of hydrogen-bond donors (Lipinski definition) is 1. The first kappa shape index (κ1) is 11.2. The quantitative estimate of drug-likeness (QED) is 0.794. The Labute approximate surface area is 112 Å². The van der Waals surface area contributed by atoms with Crippen molar-refractivity contribution in [2.75, 3.05) is 13.1 Å². The maximum atomic E-state index is 11.4. The minimum atomic E-state index is 0.154. The third-order valence-electron chi connectivity index (χ3n) is 4.75. The number of aromatic amines is 1. The summed E-state index contributed by atoms with van der Waals surface area (Å²) in [5, 5.41) is 1.34. The standard InChI is InChI=1S/C16H18N2O/c19-10-11-4-3-8-18-9-7-13-12-5-1-2-6-14(12)17-15(13)16(11)18/h1-2,5-6,10-11,16-17H,3-4,7-9H2/t11-,16+/m1/s1. The fraction of sp³-hybridized carbons (Fsp3) is 0.438. The van der Waals surface area contributed by atoms with Crippen LogP contribution < -0.4 is 0 Å². The summed E-state index contributed by atoms with van der Waals surface area (Å²) >= 11 is 0. The largest absolute Gasteiger partial charge is 0.357 e. The van der Waals surface area contributed by atoms with Crippen molar-refractivity contribution in [1.82, 2.24) is 9.88 Å². The molecule has 3 nitrogen and oxygen atoms in total. The molecule has 1 fully saturated rings. The number of nitrogens with one attached hydrogen (secondary N) is 1. The van der Waals surface area contributed by atoms with Crippen LogP contribution in [0.15, 0.2) is 24.3 Å². The van der Waals surface area contributed by atoms with Crippen LogP contribution in [0.1, 0.15) is 30.1 Å². The van der Waals surface area contributed by atoms with E-state index in [2.05, 4.69) is 34.1 Å². The molecule has 2 aliphatic rings. The Balaban J connectivity index is 1.90. The van der Waals surface area contributed by atoms with E-state index >= 15 is 0 Å². The molecule has 4 rings (SSSR count). The van der Waals surface area contributed by atoms with E-state index in [0.29, 0.717) is 0 Å². The van der Waals surface area contributed by atoms with Gasteiger partial charge in [0.1, 0.15) is 6.29 Å². The lowest BCUT2D eigenvalue weighted by atomic mass is 9.83. The van der Waals surface area contributed by atoms with Crippen LogP contribution in [0.2, 0.25) is 0 Å².